The lowest BCUT2D eigenvalue weighted by Gasteiger charge is -2.39. The predicted molar refractivity (Wildman–Crippen MR) is 90.5 cm³/mol. The van der Waals surface area contributed by atoms with Crippen LogP contribution in [-0.4, -0.2) is 37.0 Å². The van der Waals surface area contributed by atoms with Gasteiger partial charge in [0.05, 0.1) is 5.92 Å². The highest BCUT2D eigenvalue weighted by atomic mass is 35.5. The van der Waals surface area contributed by atoms with E-state index in [9.17, 15) is 4.79 Å². The zero-order chi connectivity index (χ0) is 14.3. The third-order valence-electron chi connectivity index (χ3n) is 5.90. The Labute approximate surface area is 138 Å². The molecule has 3 nitrogen and oxygen atoms in total. The summed E-state index contributed by atoms with van der Waals surface area (Å²) in [6.07, 6.45) is 5.72. The van der Waals surface area contributed by atoms with E-state index in [0.717, 1.165) is 39.0 Å². The van der Waals surface area contributed by atoms with E-state index in [1.807, 2.05) is 0 Å². The number of fused-ring (bicyclic) bond motifs is 1. The summed E-state index contributed by atoms with van der Waals surface area (Å²) in [5.74, 6) is 0.498. The number of piperidine rings is 1. The maximum absolute atomic E-state index is 12.9. The lowest BCUT2D eigenvalue weighted by Crippen LogP contribution is -2.45. The van der Waals surface area contributed by atoms with Crippen LogP contribution < -0.4 is 5.32 Å². The van der Waals surface area contributed by atoms with Gasteiger partial charge in [0.25, 0.3) is 0 Å². The van der Waals surface area contributed by atoms with Crippen LogP contribution in [0.3, 0.4) is 0 Å². The molecule has 1 unspecified atom stereocenters. The van der Waals surface area contributed by atoms with Crippen LogP contribution in [0.5, 0.6) is 0 Å². The standard InChI is InChI=1S/C18H24N2O.ClH/c21-17(16-6-5-14-3-1-2-4-15(14)16)20-11-8-18(9-12-20)7-10-19-13-18;/h1-4,16,19H,5-13H2;1H. The molecule has 2 heterocycles. The van der Waals surface area contributed by atoms with Gasteiger partial charge in [-0.25, -0.2) is 0 Å². The summed E-state index contributed by atoms with van der Waals surface area (Å²) in [5, 5.41) is 3.49. The van der Waals surface area contributed by atoms with E-state index < -0.39 is 0 Å². The zero-order valence-electron chi connectivity index (χ0n) is 13.0. The van der Waals surface area contributed by atoms with Gasteiger partial charge in [-0.3, -0.25) is 4.79 Å². The molecule has 2 aliphatic heterocycles. The molecule has 1 atom stereocenters. The van der Waals surface area contributed by atoms with E-state index in [2.05, 4.69) is 34.5 Å². The van der Waals surface area contributed by atoms with Crippen LogP contribution in [-0.2, 0) is 11.2 Å². The van der Waals surface area contributed by atoms with Crippen LogP contribution in [0.2, 0.25) is 0 Å². The lowest BCUT2D eigenvalue weighted by atomic mass is 9.77. The van der Waals surface area contributed by atoms with Crippen molar-refractivity contribution in [2.75, 3.05) is 26.2 Å². The minimum atomic E-state index is 0. The van der Waals surface area contributed by atoms with Crippen LogP contribution in [0.15, 0.2) is 24.3 Å². The fourth-order valence-corrected chi connectivity index (χ4v) is 4.46. The van der Waals surface area contributed by atoms with Crippen LogP contribution in [0, 0.1) is 5.41 Å². The number of aryl methyl sites for hydroxylation is 1. The Kier molecular flexibility index (Phi) is 4.47. The number of halogens is 1. The summed E-state index contributed by atoms with van der Waals surface area (Å²) in [5.41, 5.74) is 3.15. The molecule has 0 radical (unpaired) electrons. The average Bonchev–Trinajstić information content (AvgIpc) is 3.15. The van der Waals surface area contributed by atoms with E-state index in [4.69, 9.17) is 0 Å². The second-order valence-corrected chi connectivity index (χ2v) is 7.04. The number of rotatable bonds is 1. The molecule has 0 bridgehead atoms. The summed E-state index contributed by atoms with van der Waals surface area (Å²) in [6, 6.07) is 8.48. The lowest BCUT2D eigenvalue weighted by molar-refractivity contribution is -0.135. The summed E-state index contributed by atoms with van der Waals surface area (Å²) >= 11 is 0. The summed E-state index contributed by atoms with van der Waals surface area (Å²) in [7, 11) is 0. The van der Waals surface area contributed by atoms with Crippen molar-refractivity contribution in [1.29, 1.82) is 0 Å². The van der Waals surface area contributed by atoms with Gasteiger partial charge in [0.1, 0.15) is 0 Å². The minimum absolute atomic E-state index is 0. The SMILES string of the molecule is Cl.O=C(C1CCc2ccccc21)N1CCC2(CCNC2)CC1. The van der Waals surface area contributed by atoms with Crippen molar-refractivity contribution in [3.05, 3.63) is 35.4 Å². The third-order valence-corrected chi connectivity index (χ3v) is 5.90. The van der Waals surface area contributed by atoms with Crippen molar-refractivity contribution >= 4 is 18.3 Å². The van der Waals surface area contributed by atoms with Crippen LogP contribution in [0.25, 0.3) is 0 Å². The highest BCUT2D eigenvalue weighted by Gasteiger charge is 2.40. The Hall–Kier alpha value is -1.06. The average molecular weight is 321 g/mol. The third kappa shape index (κ3) is 2.65. The molecule has 22 heavy (non-hydrogen) atoms. The molecule has 2 fully saturated rings. The summed E-state index contributed by atoms with van der Waals surface area (Å²) in [6.45, 7) is 4.23. The molecule has 1 amide bonds. The molecule has 1 aromatic carbocycles. The van der Waals surface area contributed by atoms with Crippen molar-refractivity contribution in [1.82, 2.24) is 10.2 Å². The number of benzene rings is 1. The molecule has 4 rings (SSSR count). The number of hydrogen-bond donors (Lipinski definition) is 1. The first kappa shape index (κ1) is 15.8. The van der Waals surface area contributed by atoms with E-state index in [1.54, 1.807) is 0 Å². The van der Waals surface area contributed by atoms with Crippen molar-refractivity contribution < 1.29 is 4.79 Å². The Morgan fingerprint density at radius 3 is 2.68 bits per heavy atom. The smallest absolute Gasteiger partial charge is 0.230 e. The molecule has 2 saturated heterocycles. The fraction of sp³-hybridized carbons (Fsp3) is 0.611. The Morgan fingerprint density at radius 2 is 1.95 bits per heavy atom. The Balaban J connectivity index is 0.00000144. The van der Waals surface area contributed by atoms with E-state index in [1.165, 1.54) is 30.4 Å². The van der Waals surface area contributed by atoms with Gasteiger partial charge in [-0.2, -0.15) is 0 Å². The number of nitrogens with one attached hydrogen (secondary N) is 1. The molecule has 1 aromatic rings. The molecule has 0 saturated carbocycles. The first-order valence-corrected chi connectivity index (χ1v) is 8.35. The number of hydrogen-bond acceptors (Lipinski definition) is 2. The molecular weight excluding hydrogens is 296 g/mol. The second kappa shape index (κ2) is 6.21. The monoisotopic (exact) mass is 320 g/mol. The van der Waals surface area contributed by atoms with Gasteiger partial charge in [-0.1, -0.05) is 24.3 Å². The van der Waals surface area contributed by atoms with Crippen molar-refractivity contribution in [2.24, 2.45) is 5.41 Å². The number of likely N-dealkylation sites (tertiary alicyclic amines) is 1. The molecule has 1 spiro atoms. The molecule has 120 valence electrons. The highest BCUT2D eigenvalue weighted by molar-refractivity contribution is 5.85. The van der Waals surface area contributed by atoms with Gasteiger partial charge in [0.15, 0.2) is 0 Å². The molecular formula is C18H25ClN2O. The number of carbonyl (C=O) groups is 1. The maximum Gasteiger partial charge on any atom is 0.230 e. The van der Waals surface area contributed by atoms with E-state index in [0.29, 0.717) is 11.3 Å². The normalized spacial score (nSPS) is 25.8. The first-order chi connectivity index (χ1) is 10.3. The quantitative estimate of drug-likeness (QED) is 0.863. The first-order valence-electron chi connectivity index (χ1n) is 8.35. The molecule has 0 aromatic heterocycles. The summed E-state index contributed by atoms with van der Waals surface area (Å²) in [4.78, 5) is 15.0. The second-order valence-electron chi connectivity index (χ2n) is 7.04. The Bertz CT molecular complexity index is 544. The van der Waals surface area contributed by atoms with Gasteiger partial charge in [-0.15, -0.1) is 12.4 Å². The number of amides is 1. The minimum Gasteiger partial charge on any atom is -0.342 e. The van der Waals surface area contributed by atoms with Crippen molar-refractivity contribution in [2.45, 2.75) is 38.0 Å². The fourth-order valence-electron chi connectivity index (χ4n) is 4.46. The van der Waals surface area contributed by atoms with Crippen molar-refractivity contribution in [3.63, 3.8) is 0 Å². The highest BCUT2D eigenvalue weighted by Crippen LogP contribution is 2.39. The maximum atomic E-state index is 12.9. The largest absolute Gasteiger partial charge is 0.342 e. The topological polar surface area (TPSA) is 32.3 Å². The van der Waals surface area contributed by atoms with E-state index >= 15 is 0 Å². The van der Waals surface area contributed by atoms with E-state index in [-0.39, 0.29) is 18.3 Å². The van der Waals surface area contributed by atoms with Gasteiger partial charge in [0.2, 0.25) is 5.91 Å². The summed E-state index contributed by atoms with van der Waals surface area (Å²) < 4.78 is 0. The van der Waals surface area contributed by atoms with Crippen LogP contribution >= 0.6 is 12.4 Å². The zero-order valence-corrected chi connectivity index (χ0v) is 13.8. The van der Waals surface area contributed by atoms with Gasteiger partial charge < -0.3 is 10.2 Å². The van der Waals surface area contributed by atoms with Gasteiger partial charge in [-0.05, 0) is 55.2 Å². The van der Waals surface area contributed by atoms with Crippen LogP contribution in [0.4, 0.5) is 0 Å². The predicted octanol–water partition coefficient (Wildman–Crippen LogP) is 2.74. The molecule has 1 aliphatic carbocycles. The van der Waals surface area contributed by atoms with Crippen molar-refractivity contribution in [3.8, 4) is 0 Å². The van der Waals surface area contributed by atoms with Gasteiger partial charge in [0, 0.05) is 19.6 Å². The number of carbonyl (C=O) groups excluding carboxylic acids is 1. The molecule has 3 aliphatic rings. The van der Waals surface area contributed by atoms with Crippen LogP contribution in [0.1, 0.15) is 42.7 Å². The number of nitrogens with zero attached hydrogens (tertiary/aromatic N) is 1. The molecule has 1 N–H and O–H groups in total. The Morgan fingerprint density at radius 1 is 1.18 bits per heavy atom. The molecule has 4 heteroatoms. The van der Waals surface area contributed by atoms with Gasteiger partial charge >= 0.3 is 0 Å².